The number of aryl methyl sites for hydroxylation is 2. The van der Waals surface area contributed by atoms with Crippen LogP contribution in [0.25, 0.3) is 0 Å². The molecule has 17 heavy (non-hydrogen) atoms. The summed E-state index contributed by atoms with van der Waals surface area (Å²) in [6, 6.07) is 6.40. The lowest BCUT2D eigenvalue weighted by Gasteiger charge is -2.38. The molecule has 1 N–H and O–H groups in total. The van der Waals surface area contributed by atoms with Gasteiger partial charge in [-0.15, -0.1) is 0 Å². The molecule has 0 aromatic heterocycles. The van der Waals surface area contributed by atoms with Crippen molar-refractivity contribution in [1.29, 1.82) is 0 Å². The highest BCUT2D eigenvalue weighted by molar-refractivity contribution is 5.33. The number of rotatable bonds is 2. The van der Waals surface area contributed by atoms with E-state index in [0.29, 0.717) is 0 Å². The Morgan fingerprint density at radius 2 is 1.76 bits per heavy atom. The molecule has 0 bridgehead atoms. The Balaban J connectivity index is 2.29. The molecule has 0 aliphatic heterocycles. The van der Waals surface area contributed by atoms with Gasteiger partial charge in [0.1, 0.15) is 0 Å². The molecule has 0 saturated heterocycles. The summed E-state index contributed by atoms with van der Waals surface area (Å²) in [4.78, 5) is 0. The fourth-order valence-corrected chi connectivity index (χ4v) is 3.06. The molecule has 1 aliphatic carbocycles. The van der Waals surface area contributed by atoms with E-state index in [1.165, 1.54) is 30.4 Å². The fourth-order valence-electron chi connectivity index (χ4n) is 3.06. The molecular formula is C16H24O. The molecule has 0 amide bonds. The number of aliphatic hydroxyl groups excluding tert-OH is 1. The molecular weight excluding hydrogens is 208 g/mol. The van der Waals surface area contributed by atoms with Crippen LogP contribution in [0.15, 0.2) is 18.2 Å². The Morgan fingerprint density at radius 1 is 1.12 bits per heavy atom. The van der Waals surface area contributed by atoms with Gasteiger partial charge < -0.3 is 5.11 Å². The van der Waals surface area contributed by atoms with E-state index in [1.54, 1.807) is 0 Å². The van der Waals surface area contributed by atoms with Crippen LogP contribution >= 0.6 is 0 Å². The van der Waals surface area contributed by atoms with Gasteiger partial charge in [-0.2, -0.15) is 0 Å². The summed E-state index contributed by atoms with van der Waals surface area (Å²) in [7, 11) is 0. The Bertz CT molecular complexity index is 389. The molecule has 0 radical (unpaired) electrons. The topological polar surface area (TPSA) is 20.2 Å². The van der Waals surface area contributed by atoms with E-state index in [4.69, 9.17) is 0 Å². The number of aliphatic hydroxyl groups is 1. The summed E-state index contributed by atoms with van der Waals surface area (Å²) < 4.78 is 0. The highest BCUT2D eigenvalue weighted by atomic mass is 16.3. The molecule has 1 atom stereocenters. The fraction of sp³-hybridized carbons (Fsp3) is 0.625. The van der Waals surface area contributed by atoms with Crippen molar-refractivity contribution in [3.8, 4) is 0 Å². The predicted octanol–water partition coefficient (Wildman–Crippen LogP) is 4.31. The van der Waals surface area contributed by atoms with Crippen molar-refractivity contribution >= 4 is 0 Å². The standard InChI is InChI=1S/C16H24O/c1-12-7-8-13(2)14(11-12)15(17)16(3)9-5-4-6-10-16/h7-8,11,15,17H,4-6,9-10H2,1-3H3. The minimum absolute atomic E-state index is 0.0802. The molecule has 1 nitrogen and oxygen atoms in total. The molecule has 1 fully saturated rings. The lowest BCUT2D eigenvalue weighted by atomic mass is 9.69. The lowest BCUT2D eigenvalue weighted by Crippen LogP contribution is -2.28. The van der Waals surface area contributed by atoms with Crippen LogP contribution in [0.3, 0.4) is 0 Å². The Morgan fingerprint density at radius 3 is 2.41 bits per heavy atom. The third-order valence-electron chi connectivity index (χ3n) is 4.39. The minimum Gasteiger partial charge on any atom is -0.388 e. The van der Waals surface area contributed by atoms with Gasteiger partial charge in [-0.25, -0.2) is 0 Å². The quantitative estimate of drug-likeness (QED) is 0.805. The molecule has 1 aliphatic rings. The van der Waals surface area contributed by atoms with Gasteiger partial charge in [0, 0.05) is 0 Å². The van der Waals surface area contributed by atoms with E-state index in [1.807, 2.05) is 0 Å². The second kappa shape index (κ2) is 4.81. The van der Waals surface area contributed by atoms with Crippen molar-refractivity contribution in [3.63, 3.8) is 0 Å². The maximum atomic E-state index is 10.7. The monoisotopic (exact) mass is 232 g/mol. The number of hydrogen-bond acceptors (Lipinski definition) is 1. The summed E-state index contributed by atoms with van der Waals surface area (Å²) in [6.07, 6.45) is 5.86. The van der Waals surface area contributed by atoms with Gasteiger partial charge in [-0.3, -0.25) is 0 Å². The molecule has 1 aromatic rings. The van der Waals surface area contributed by atoms with Crippen molar-refractivity contribution in [2.75, 3.05) is 0 Å². The van der Waals surface area contributed by atoms with Crippen molar-refractivity contribution in [1.82, 2.24) is 0 Å². The van der Waals surface area contributed by atoms with Crippen LogP contribution in [-0.2, 0) is 0 Å². The summed E-state index contributed by atoms with van der Waals surface area (Å²) >= 11 is 0. The highest BCUT2D eigenvalue weighted by Gasteiger charge is 2.35. The zero-order valence-electron chi connectivity index (χ0n) is 11.3. The maximum Gasteiger partial charge on any atom is 0.0846 e. The van der Waals surface area contributed by atoms with Crippen molar-refractivity contribution in [2.24, 2.45) is 5.41 Å². The van der Waals surface area contributed by atoms with Crippen molar-refractivity contribution < 1.29 is 5.11 Å². The van der Waals surface area contributed by atoms with Crippen molar-refractivity contribution in [2.45, 2.75) is 59.0 Å². The van der Waals surface area contributed by atoms with Crippen LogP contribution in [0.5, 0.6) is 0 Å². The van der Waals surface area contributed by atoms with Crippen LogP contribution in [0, 0.1) is 19.3 Å². The van der Waals surface area contributed by atoms with Gasteiger partial charge in [0.2, 0.25) is 0 Å². The van der Waals surface area contributed by atoms with Crippen LogP contribution in [-0.4, -0.2) is 5.11 Å². The Labute approximate surface area is 105 Å². The normalized spacial score (nSPS) is 21.2. The van der Waals surface area contributed by atoms with Crippen LogP contribution in [0.1, 0.15) is 61.8 Å². The molecule has 1 aromatic carbocycles. The first-order valence-corrected chi connectivity index (χ1v) is 6.78. The first kappa shape index (κ1) is 12.6. The second-order valence-corrected chi connectivity index (χ2v) is 5.98. The summed E-state index contributed by atoms with van der Waals surface area (Å²) in [5.74, 6) is 0. The maximum absolute atomic E-state index is 10.7. The average Bonchev–Trinajstić information content (AvgIpc) is 2.32. The third kappa shape index (κ3) is 2.55. The van der Waals surface area contributed by atoms with E-state index >= 15 is 0 Å². The van der Waals surface area contributed by atoms with E-state index in [-0.39, 0.29) is 11.5 Å². The first-order chi connectivity index (χ1) is 8.03. The SMILES string of the molecule is Cc1ccc(C)c(C(O)C2(C)CCCCC2)c1. The zero-order chi connectivity index (χ0) is 12.5. The summed E-state index contributed by atoms with van der Waals surface area (Å²) in [6.45, 7) is 6.45. The Hall–Kier alpha value is -0.820. The van der Waals surface area contributed by atoms with E-state index in [2.05, 4.69) is 39.0 Å². The number of hydrogen-bond donors (Lipinski definition) is 1. The van der Waals surface area contributed by atoms with Gasteiger partial charge in [-0.05, 0) is 43.2 Å². The van der Waals surface area contributed by atoms with Crippen LogP contribution in [0.2, 0.25) is 0 Å². The predicted molar refractivity (Wildman–Crippen MR) is 72.1 cm³/mol. The molecule has 1 unspecified atom stereocenters. The van der Waals surface area contributed by atoms with E-state index in [9.17, 15) is 5.11 Å². The molecule has 0 heterocycles. The second-order valence-electron chi connectivity index (χ2n) is 5.98. The molecule has 0 spiro atoms. The van der Waals surface area contributed by atoms with Gasteiger partial charge in [0.05, 0.1) is 6.10 Å². The van der Waals surface area contributed by atoms with Crippen LogP contribution in [0.4, 0.5) is 0 Å². The van der Waals surface area contributed by atoms with E-state index < -0.39 is 0 Å². The Kier molecular flexibility index (Phi) is 3.58. The molecule has 2 rings (SSSR count). The van der Waals surface area contributed by atoms with Gasteiger partial charge in [-0.1, -0.05) is 49.9 Å². The largest absolute Gasteiger partial charge is 0.388 e. The third-order valence-corrected chi connectivity index (χ3v) is 4.39. The molecule has 1 saturated carbocycles. The first-order valence-electron chi connectivity index (χ1n) is 6.78. The van der Waals surface area contributed by atoms with Gasteiger partial charge in [0.15, 0.2) is 0 Å². The van der Waals surface area contributed by atoms with Gasteiger partial charge >= 0.3 is 0 Å². The van der Waals surface area contributed by atoms with E-state index in [0.717, 1.165) is 18.4 Å². The smallest absolute Gasteiger partial charge is 0.0846 e. The molecule has 1 heteroatoms. The zero-order valence-corrected chi connectivity index (χ0v) is 11.3. The minimum atomic E-state index is -0.303. The number of benzene rings is 1. The summed E-state index contributed by atoms with van der Waals surface area (Å²) in [5, 5.41) is 10.7. The average molecular weight is 232 g/mol. The van der Waals surface area contributed by atoms with Crippen LogP contribution < -0.4 is 0 Å². The van der Waals surface area contributed by atoms with Gasteiger partial charge in [0.25, 0.3) is 0 Å². The summed E-state index contributed by atoms with van der Waals surface area (Å²) in [5.41, 5.74) is 3.67. The molecule has 94 valence electrons. The lowest BCUT2D eigenvalue weighted by molar-refractivity contribution is 0.00774. The highest BCUT2D eigenvalue weighted by Crippen LogP contribution is 2.46. The van der Waals surface area contributed by atoms with Crippen molar-refractivity contribution in [3.05, 3.63) is 34.9 Å².